The fourth-order valence-corrected chi connectivity index (χ4v) is 3.99. The van der Waals surface area contributed by atoms with E-state index in [1.54, 1.807) is 4.90 Å². The highest BCUT2D eigenvalue weighted by Gasteiger charge is 2.44. The minimum absolute atomic E-state index is 0.00165. The molecule has 142 valence electrons. The number of rotatable bonds is 1. The molecule has 2 aliphatic rings. The maximum Gasteiger partial charge on any atom is 0.410 e. The second-order valence-electron chi connectivity index (χ2n) is 8.43. The van der Waals surface area contributed by atoms with Gasteiger partial charge in [-0.1, -0.05) is 0 Å². The molecule has 7 heteroatoms. The SMILES string of the molecule is Cc1nc(C)c(C(=O)N2CC3CN(C(=O)OC(C)(C)C)CC3C2)c(C)n1. The molecule has 0 spiro atoms. The predicted octanol–water partition coefficient (Wildman–Crippen LogP) is 2.34. The maximum atomic E-state index is 13.0. The zero-order chi connectivity index (χ0) is 19.2. The van der Waals surface area contributed by atoms with E-state index in [0.29, 0.717) is 49.4 Å². The van der Waals surface area contributed by atoms with Crippen LogP contribution < -0.4 is 0 Å². The summed E-state index contributed by atoms with van der Waals surface area (Å²) in [6, 6.07) is 0. The van der Waals surface area contributed by atoms with Gasteiger partial charge in [0.05, 0.1) is 17.0 Å². The molecular formula is C19H28N4O3. The van der Waals surface area contributed by atoms with E-state index in [9.17, 15) is 9.59 Å². The molecule has 2 atom stereocenters. The van der Waals surface area contributed by atoms with E-state index in [4.69, 9.17) is 4.74 Å². The largest absolute Gasteiger partial charge is 0.444 e. The Bertz CT molecular complexity index is 704. The molecule has 2 saturated heterocycles. The van der Waals surface area contributed by atoms with E-state index in [-0.39, 0.29) is 12.0 Å². The Morgan fingerprint density at radius 3 is 1.85 bits per heavy atom. The van der Waals surface area contributed by atoms with Gasteiger partial charge in [-0.3, -0.25) is 4.79 Å². The molecule has 0 aromatic carbocycles. The third kappa shape index (κ3) is 3.66. The number of aromatic nitrogens is 2. The highest BCUT2D eigenvalue weighted by Crippen LogP contribution is 2.33. The molecule has 0 bridgehead atoms. The number of aryl methyl sites for hydroxylation is 3. The number of carbonyl (C=O) groups excluding carboxylic acids is 2. The van der Waals surface area contributed by atoms with Crippen molar-refractivity contribution in [1.29, 1.82) is 0 Å². The van der Waals surface area contributed by atoms with Gasteiger partial charge < -0.3 is 14.5 Å². The van der Waals surface area contributed by atoms with Gasteiger partial charge in [0.2, 0.25) is 0 Å². The molecule has 0 saturated carbocycles. The van der Waals surface area contributed by atoms with Crippen molar-refractivity contribution in [3.63, 3.8) is 0 Å². The lowest BCUT2D eigenvalue weighted by atomic mass is 10.0. The lowest BCUT2D eigenvalue weighted by Gasteiger charge is -2.26. The summed E-state index contributed by atoms with van der Waals surface area (Å²) in [5, 5.41) is 0. The fourth-order valence-electron chi connectivity index (χ4n) is 3.99. The van der Waals surface area contributed by atoms with Gasteiger partial charge in [0.1, 0.15) is 11.4 Å². The quantitative estimate of drug-likeness (QED) is 0.768. The lowest BCUT2D eigenvalue weighted by molar-refractivity contribution is 0.0275. The van der Waals surface area contributed by atoms with E-state index >= 15 is 0 Å². The van der Waals surface area contributed by atoms with Crippen LogP contribution in [0.25, 0.3) is 0 Å². The molecule has 0 radical (unpaired) electrons. The fraction of sp³-hybridized carbons (Fsp3) is 0.684. The molecule has 2 amide bonds. The lowest BCUT2D eigenvalue weighted by Crippen LogP contribution is -2.38. The number of carbonyl (C=O) groups is 2. The average molecular weight is 360 g/mol. The van der Waals surface area contributed by atoms with Crippen molar-refractivity contribution in [1.82, 2.24) is 19.8 Å². The van der Waals surface area contributed by atoms with Gasteiger partial charge in [-0.15, -0.1) is 0 Å². The van der Waals surface area contributed by atoms with E-state index in [2.05, 4.69) is 9.97 Å². The van der Waals surface area contributed by atoms with Crippen LogP contribution in [0.5, 0.6) is 0 Å². The molecule has 3 heterocycles. The Kier molecular flexibility index (Phi) is 4.67. The summed E-state index contributed by atoms with van der Waals surface area (Å²) in [4.78, 5) is 37.6. The highest BCUT2D eigenvalue weighted by molar-refractivity contribution is 5.96. The molecule has 0 N–H and O–H groups in total. The molecule has 7 nitrogen and oxygen atoms in total. The smallest absolute Gasteiger partial charge is 0.410 e. The molecule has 26 heavy (non-hydrogen) atoms. The highest BCUT2D eigenvalue weighted by atomic mass is 16.6. The van der Waals surface area contributed by atoms with Gasteiger partial charge in [-0.05, 0) is 41.5 Å². The summed E-state index contributed by atoms with van der Waals surface area (Å²) in [5.74, 6) is 1.29. The molecule has 1 aromatic heterocycles. The van der Waals surface area contributed by atoms with Gasteiger partial charge in [0.25, 0.3) is 5.91 Å². The first-order valence-corrected chi connectivity index (χ1v) is 9.14. The van der Waals surface area contributed by atoms with Crippen molar-refractivity contribution < 1.29 is 14.3 Å². The summed E-state index contributed by atoms with van der Waals surface area (Å²) >= 11 is 0. The number of ether oxygens (including phenoxy) is 1. The van der Waals surface area contributed by atoms with Gasteiger partial charge in [0.15, 0.2) is 0 Å². The van der Waals surface area contributed by atoms with Crippen molar-refractivity contribution in [3.8, 4) is 0 Å². The summed E-state index contributed by atoms with van der Waals surface area (Å²) in [6.45, 7) is 13.8. The van der Waals surface area contributed by atoms with Crippen LogP contribution in [0.4, 0.5) is 4.79 Å². The monoisotopic (exact) mass is 360 g/mol. The zero-order valence-corrected chi connectivity index (χ0v) is 16.5. The second kappa shape index (κ2) is 6.52. The van der Waals surface area contributed by atoms with Crippen LogP contribution in [0.1, 0.15) is 48.3 Å². The zero-order valence-electron chi connectivity index (χ0n) is 16.5. The minimum Gasteiger partial charge on any atom is -0.444 e. The van der Waals surface area contributed by atoms with E-state index < -0.39 is 5.60 Å². The van der Waals surface area contributed by atoms with Gasteiger partial charge in [-0.25, -0.2) is 14.8 Å². The maximum absolute atomic E-state index is 13.0. The Morgan fingerprint density at radius 1 is 0.923 bits per heavy atom. The van der Waals surface area contributed by atoms with Crippen LogP contribution in [-0.4, -0.2) is 63.5 Å². The number of fused-ring (bicyclic) bond motifs is 1. The molecule has 3 rings (SSSR count). The van der Waals surface area contributed by atoms with Crippen LogP contribution >= 0.6 is 0 Å². The second-order valence-corrected chi connectivity index (χ2v) is 8.43. The van der Waals surface area contributed by atoms with Crippen molar-refractivity contribution in [3.05, 3.63) is 22.8 Å². The Morgan fingerprint density at radius 2 is 1.38 bits per heavy atom. The van der Waals surface area contributed by atoms with Gasteiger partial charge in [0, 0.05) is 38.0 Å². The molecule has 0 aliphatic carbocycles. The van der Waals surface area contributed by atoms with Crippen LogP contribution in [0.3, 0.4) is 0 Å². The van der Waals surface area contributed by atoms with Crippen LogP contribution in [-0.2, 0) is 4.74 Å². The van der Waals surface area contributed by atoms with E-state index in [0.717, 1.165) is 11.4 Å². The Balaban J connectivity index is 1.65. The van der Waals surface area contributed by atoms with E-state index in [1.807, 2.05) is 46.4 Å². The molecule has 1 aromatic rings. The molecule has 2 unspecified atom stereocenters. The molecule has 2 fully saturated rings. The van der Waals surface area contributed by atoms with Gasteiger partial charge >= 0.3 is 6.09 Å². The summed E-state index contributed by atoms with van der Waals surface area (Å²) in [7, 11) is 0. The number of likely N-dealkylation sites (tertiary alicyclic amines) is 2. The first kappa shape index (κ1) is 18.6. The Labute approximate surface area is 154 Å². The normalized spacial score (nSPS) is 22.5. The van der Waals surface area contributed by atoms with Crippen LogP contribution in [0.15, 0.2) is 0 Å². The summed E-state index contributed by atoms with van der Waals surface area (Å²) < 4.78 is 5.46. The number of hydrogen-bond donors (Lipinski definition) is 0. The summed E-state index contributed by atoms with van der Waals surface area (Å²) in [6.07, 6.45) is -0.261. The third-order valence-corrected chi connectivity index (χ3v) is 5.02. The van der Waals surface area contributed by atoms with Crippen molar-refractivity contribution in [2.45, 2.75) is 47.1 Å². The first-order valence-electron chi connectivity index (χ1n) is 9.14. The van der Waals surface area contributed by atoms with Gasteiger partial charge in [-0.2, -0.15) is 0 Å². The minimum atomic E-state index is -0.489. The van der Waals surface area contributed by atoms with E-state index in [1.165, 1.54) is 0 Å². The molecule has 2 aliphatic heterocycles. The standard InChI is InChI=1S/C19H28N4O3/c1-11-16(12(2)21-13(3)20-11)17(24)22-7-14-9-23(10-15(14)8-22)18(25)26-19(4,5)6/h14-15H,7-10H2,1-6H3. The Hall–Kier alpha value is -2.18. The average Bonchev–Trinajstić information content (AvgIpc) is 3.02. The number of nitrogens with zero attached hydrogens (tertiary/aromatic N) is 4. The topological polar surface area (TPSA) is 75.6 Å². The van der Waals surface area contributed by atoms with Crippen molar-refractivity contribution in [2.24, 2.45) is 11.8 Å². The number of hydrogen-bond acceptors (Lipinski definition) is 5. The predicted molar refractivity (Wildman–Crippen MR) is 96.9 cm³/mol. The third-order valence-electron chi connectivity index (χ3n) is 5.02. The molecular weight excluding hydrogens is 332 g/mol. The first-order chi connectivity index (χ1) is 12.0. The van der Waals surface area contributed by atoms with Crippen molar-refractivity contribution in [2.75, 3.05) is 26.2 Å². The van der Waals surface area contributed by atoms with Crippen molar-refractivity contribution >= 4 is 12.0 Å². The number of amides is 2. The van der Waals surface area contributed by atoms with Crippen LogP contribution in [0, 0.1) is 32.6 Å². The summed E-state index contributed by atoms with van der Waals surface area (Å²) in [5.41, 5.74) is 1.58. The van der Waals surface area contributed by atoms with Crippen LogP contribution in [0.2, 0.25) is 0 Å².